The highest BCUT2D eigenvalue weighted by atomic mass is 16.3. The number of aliphatic hydroxyl groups is 1. The van der Waals surface area contributed by atoms with Crippen molar-refractivity contribution >= 4 is 0 Å². The van der Waals surface area contributed by atoms with Gasteiger partial charge in [-0.25, -0.2) is 0 Å². The van der Waals surface area contributed by atoms with E-state index in [-0.39, 0.29) is 5.60 Å². The fourth-order valence-corrected chi connectivity index (χ4v) is 4.35. The van der Waals surface area contributed by atoms with Crippen molar-refractivity contribution in [2.45, 2.75) is 117 Å². The zero-order chi connectivity index (χ0) is 15.8. The first-order valence-corrected chi connectivity index (χ1v) is 9.62. The Kier molecular flexibility index (Phi) is 8.31. The number of unbranched alkanes of at least 4 members (excludes halogenated alkanes) is 9. The Labute approximate surface area is 133 Å². The molecule has 0 heterocycles. The minimum atomic E-state index is -0.371. The van der Waals surface area contributed by atoms with Gasteiger partial charge < -0.3 is 5.11 Å². The summed E-state index contributed by atoms with van der Waals surface area (Å²) in [6.07, 6.45) is 16.9. The molecule has 126 valence electrons. The first-order valence-electron chi connectivity index (χ1n) is 9.62. The Morgan fingerprint density at radius 3 is 1.76 bits per heavy atom. The van der Waals surface area contributed by atoms with Crippen LogP contribution < -0.4 is 0 Å². The Balaban J connectivity index is 1.99. The number of hydrogen-bond acceptors (Lipinski definition) is 1. The van der Waals surface area contributed by atoms with Crippen LogP contribution in [0, 0.1) is 11.3 Å². The molecule has 2 atom stereocenters. The van der Waals surface area contributed by atoms with Gasteiger partial charge in [0.15, 0.2) is 0 Å². The fraction of sp³-hybridized carbons (Fsp3) is 1.00. The van der Waals surface area contributed by atoms with E-state index in [1.165, 1.54) is 70.6 Å². The van der Waals surface area contributed by atoms with Crippen LogP contribution in [-0.2, 0) is 0 Å². The Hall–Kier alpha value is -0.0400. The quantitative estimate of drug-likeness (QED) is 0.432. The van der Waals surface area contributed by atoms with Crippen LogP contribution in [0.3, 0.4) is 0 Å². The third kappa shape index (κ3) is 7.17. The summed E-state index contributed by atoms with van der Waals surface area (Å²) in [5.74, 6) is 0.478. The SMILES string of the molecule is CCCCCCCCCCCCC1(O)CC(C)(C)CC1C. The van der Waals surface area contributed by atoms with Crippen molar-refractivity contribution < 1.29 is 5.11 Å². The lowest BCUT2D eigenvalue weighted by atomic mass is 9.85. The molecule has 0 saturated heterocycles. The molecule has 0 aromatic carbocycles. The van der Waals surface area contributed by atoms with E-state index >= 15 is 0 Å². The molecule has 0 bridgehead atoms. The van der Waals surface area contributed by atoms with Gasteiger partial charge >= 0.3 is 0 Å². The predicted molar refractivity (Wildman–Crippen MR) is 93.6 cm³/mol. The highest BCUT2D eigenvalue weighted by Gasteiger charge is 2.46. The second-order valence-corrected chi connectivity index (χ2v) is 8.48. The zero-order valence-corrected chi connectivity index (χ0v) is 15.2. The second-order valence-electron chi connectivity index (χ2n) is 8.48. The van der Waals surface area contributed by atoms with Crippen LogP contribution in [0.15, 0.2) is 0 Å². The second kappa shape index (κ2) is 9.18. The highest BCUT2D eigenvalue weighted by molar-refractivity contribution is 4.98. The van der Waals surface area contributed by atoms with Gasteiger partial charge in [-0.1, -0.05) is 91.9 Å². The maximum absolute atomic E-state index is 10.8. The highest BCUT2D eigenvalue weighted by Crippen LogP contribution is 2.49. The van der Waals surface area contributed by atoms with E-state index in [1.807, 2.05) is 0 Å². The third-order valence-electron chi connectivity index (χ3n) is 5.52. The summed E-state index contributed by atoms with van der Waals surface area (Å²) in [4.78, 5) is 0. The molecular weight excluding hydrogens is 256 g/mol. The predicted octanol–water partition coefficient (Wildman–Crippen LogP) is 6.48. The maximum Gasteiger partial charge on any atom is 0.0678 e. The summed E-state index contributed by atoms with van der Waals surface area (Å²) < 4.78 is 0. The normalized spacial score (nSPS) is 28.1. The van der Waals surface area contributed by atoms with Gasteiger partial charge in [0, 0.05) is 0 Å². The van der Waals surface area contributed by atoms with Crippen molar-refractivity contribution in [3.63, 3.8) is 0 Å². The third-order valence-corrected chi connectivity index (χ3v) is 5.52. The Bertz CT molecular complexity index is 271. The smallest absolute Gasteiger partial charge is 0.0678 e. The first kappa shape index (κ1) is 19.0. The van der Waals surface area contributed by atoms with Crippen molar-refractivity contribution in [3.05, 3.63) is 0 Å². The molecule has 0 radical (unpaired) electrons. The molecular formula is C20H40O. The topological polar surface area (TPSA) is 20.2 Å². The molecule has 0 aromatic heterocycles. The molecule has 1 fully saturated rings. The Morgan fingerprint density at radius 2 is 1.33 bits per heavy atom. The van der Waals surface area contributed by atoms with Crippen LogP contribution in [0.5, 0.6) is 0 Å². The molecule has 21 heavy (non-hydrogen) atoms. The molecule has 1 nitrogen and oxygen atoms in total. The first-order chi connectivity index (χ1) is 9.90. The van der Waals surface area contributed by atoms with Crippen molar-refractivity contribution in [2.75, 3.05) is 0 Å². The minimum Gasteiger partial charge on any atom is -0.390 e. The summed E-state index contributed by atoms with van der Waals surface area (Å²) in [5, 5.41) is 10.8. The van der Waals surface area contributed by atoms with Crippen LogP contribution in [0.25, 0.3) is 0 Å². The van der Waals surface area contributed by atoms with Crippen LogP contribution in [0.1, 0.15) is 111 Å². The van der Waals surface area contributed by atoms with Crippen molar-refractivity contribution in [1.29, 1.82) is 0 Å². The summed E-state index contributed by atoms with van der Waals surface area (Å²) >= 11 is 0. The van der Waals surface area contributed by atoms with E-state index in [1.54, 1.807) is 0 Å². The fourth-order valence-electron chi connectivity index (χ4n) is 4.35. The van der Waals surface area contributed by atoms with Crippen LogP contribution >= 0.6 is 0 Å². The monoisotopic (exact) mass is 296 g/mol. The average molecular weight is 297 g/mol. The van der Waals surface area contributed by atoms with Gasteiger partial charge in [0.2, 0.25) is 0 Å². The molecule has 1 aliphatic rings. The van der Waals surface area contributed by atoms with Gasteiger partial charge in [-0.2, -0.15) is 0 Å². The maximum atomic E-state index is 10.8. The van der Waals surface area contributed by atoms with Crippen molar-refractivity contribution in [2.24, 2.45) is 11.3 Å². The van der Waals surface area contributed by atoms with E-state index in [9.17, 15) is 5.11 Å². The van der Waals surface area contributed by atoms with Crippen molar-refractivity contribution in [1.82, 2.24) is 0 Å². The van der Waals surface area contributed by atoms with Gasteiger partial charge in [0.05, 0.1) is 5.60 Å². The molecule has 1 saturated carbocycles. The molecule has 0 amide bonds. The number of rotatable bonds is 11. The van der Waals surface area contributed by atoms with Gasteiger partial charge in [-0.3, -0.25) is 0 Å². The molecule has 0 spiro atoms. The lowest BCUT2D eigenvalue weighted by molar-refractivity contribution is -0.00626. The molecule has 0 aromatic rings. The molecule has 2 unspecified atom stereocenters. The van der Waals surface area contributed by atoms with Gasteiger partial charge in [0.25, 0.3) is 0 Å². The van der Waals surface area contributed by atoms with Crippen LogP contribution in [-0.4, -0.2) is 10.7 Å². The summed E-state index contributed by atoms with van der Waals surface area (Å²) in [5.41, 5.74) is -0.0314. The van der Waals surface area contributed by atoms with Crippen molar-refractivity contribution in [3.8, 4) is 0 Å². The average Bonchev–Trinajstić information content (AvgIpc) is 2.60. The van der Waals surface area contributed by atoms with Gasteiger partial charge in [-0.05, 0) is 30.6 Å². The number of hydrogen-bond donors (Lipinski definition) is 1. The van der Waals surface area contributed by atoms with E-state index in [2.05, 4.69) is 27.7 Å². The Morgan fingerprint density at radius 1 is 0.857 bits per heavy atom. The van der Waals surface area contributed by atoms with E-state index in [0.717, 1.165) is 12.8 Å². The zero-order valence-electron chi connectivity index (χ0n) is 15.2. The van der Waals surface area contributed by atoms with E-state index in [0.29, 0.717) is 11.3 Å². The summed E-state index contributed by atoms with van der Waals surface area (Å²) in [7, 11) is 0. The minimum absolute atomic E-state index is 0.340. The largest absolute Gasteiger partial charge is 0.390 e. The standard InChI is InChI=1S/C20H40O/c1-5-6-7-8-9-10-11-12-13-14-15-20(21)17-19(3,4)16-18(20)2/h18,21H,5-17H2,1-4H3. The summed E-state index contributed by atoms with van der Waals surface area (Å²) in [6.45, 7) is 9.13. The lowest BCUT2D eigenvalue weighted by Gasteiger charge is -2.28. The molecule has 1 aliphatic carbocycles. The van der Waals surface area contributed by atoms with Crippen LogP contribution in [0.2, 0.25) is 0 Å². The molecule has 0 aliphatic heterocycles. The van der Waals surface area contributed by atoms with Gasteiger partial charge in [-0.15, -0.1) is 0 Å². The van der Waals surface area contributed by atoms with E-state index in [4.69, 9.17) is 0 Å². The summed E-state index contributed by atoms with van der Waals surface area (Å²) in [6, 6.07) is 0. The van der Waals surface area contributed by atoms with Crippen LogP contribution in [0.4, 0.5) is 0 Å². The molecule has 1 N–H and O–H groups in total. The lowest BCUT2D eigenvalue weighted by Crippen LogP contribution is -2.31. The molecule has 1 heteroatoms. The van der Waals surface area contributed by atoms with E-state index < -0.39 is 0 Å². The van der Waals surface area contributed by atoms with Gasteiger partial charge in [0.1, 0.15) is 0 Å². The molecule has 1 rings (SSSR count).